The van der Waals surface area contributed by atoms with Crippen molar-refractivity contribution in [1.29, 1.82) is 0 Å². The molecule has 0 aliphatic heterocycles. The molecule has 0 radical (unpaired) electrons. The zero-order valence-corrected chi connectivity index (χ0v) is 4.30. The molecular formula is C6H10O. The Kier molecular flexibility index (Phi) is 1.15. The summed E-state index contributed by atoms with van der Waals surface area (Å²) >= 11 is 0. The third-order valence-electron chi connectivity index (χ3n) is 1.35. The monoisotopic (exact) mass is 98.1 g/mol. The van der Waals surface area contributed by atoms with E-state index in [0.717, 1.165) is 12.8 Å². The Balaban J connectivity index is 2.08. The minimum absolute atomic E-state index is 0.00185. The van der Waals surface area contributed by atoms with Crippen LogP contribution in [0.3, 0.4) is 0 Å². The molecule has 0 spiro atoms. The molecule has 1 saturated carbocycles. The molecule has 1 rings (SSSR count). The van der Waals surface area contributed by atoms with Gasteiger partial charge in [-0.05, 0) is 18.8 Å². The second-order valence-electron chi connectivity index (χ2n) is 2.09. The number of hydrogen-bond donors (Lipinski definition) is 1. The number of allylic oxidation sites excluding steroid dienone is 1. The number of hydrogen-bond acceptors (Lipinski definition) is 1. The van der Waals surface area contributed by atoms with Crippen molar-refractivity contribution in [2.45, 2.75) is 18.9 Å². The van der Waals surface area contributed by atoms with Gasteiger partial charge in [-0.25, -0.2) is 0 Å². The Morgan fingerprint density at radius 3 is 2.57 bits per heavy atom. The lowest BCUT2D eigenvalue weighted by Crippen LogP contribution is -1.80. The molecule has 1 aliphatic carbocycles. The van der Waals surface area contributed by atoms with Crippen molar-refractivity contribution in [3.05, 3.63) is 12.7 Å². The van der Waals surface area contributed by atoms with Crippen LogP contribution in [0.4, 0.5) is 0 Å². The minimum Gasteiger partial charge on any atom is -0.393 e. The van der Waals surface area contributed by atoms with E-state index in [1.165, 1.54) is 0 Å². The van der Waals surface area contributed by atoms with Gasteiger partial charge in [0.15, 0.2) is 0 Å². The Morgan fingerprint density at radius 1 is 1.86 bits per heavy atom. The maximum atomic E-state index is 8.71. The second kappa shape index (κ2) is 1.66. The van der Waals surface area contributed by atoms with Crippen LogP contribution in [0.5, 0.6) is 0 Å². The molecule has 0 aromatic heterocycles. The van der Waals surface area contributed by atoms with Crippen molar-refractivity contribution in [3.8, 4) is 0 Å². The molecule has 1 nitrogen and oxygen atoms in total. The van der Waals surface area contributed by atoms with Gasteiger partial charge in [-0.15, -0.1) is 6.58 Å². The molecule has 0 amide bonds. The van der Waals surface area contributed by atoms with Crippen LogP contribution in [0, 0.1) is 5.92 Å². The Labute approximate surface area is 43.7 Å². The fourth-order valence-electron chi connectivity index (χ4n) is 0.699. The SMILES string of the molecule is C=CC[C@@H]1C[C@H]1O. The lowest BCUT2D eigenvalue weighted by Gasteiger charge is -1.81. The number of rotatable bonds is 2. The van der Waals surface area contributed by atoms with E-state index in [2.05, 4.69) is 6.58 Å². The molecule has 0 aromatic rings. The molecule has 40 valence electrons. The normalized spacial score (nSPS) is 37.9. The van der Waals surface area contributed by atoms with E-state index in [-0.39, 0.29) is 6.10 Å². The van der Waals surface area contributed by atoms with Crippen LogP contribution >= 0.6 is 0 Å². The topological polar surface area (TPSA) is 20.2 Å². The van der Waals surface area contributed by atoms with Gasteiger partial charge in [0.05, 0.1) is 6.10 Å². The molecule has 1 aliphatic rings. The molecule has 7 heavy (non-hydrogen) atoms. The average Bonchev–Trinajstić information content (AvgIpc) is 2.22. The summed E-state index contributed by atoms with van der Waals surface area (Å²) in [6.07, 6.45) is 3.84. The Hall–Kier alpha value is -0.300. The molecule has 0 saturated heterocycles. The van der Waals surface area contributed by atoms with Crippen LogP contribution in [-0.4, -0.2) is 11.2 Å². The molecule has 0 unspecified atom stereocenters. The molecule has 0 bridgehead atoms. The van der Waals surface area contributed by atoms with Gasteiger partial charge >= 0.3 is 0 Å². The summed E-state index contributed by atoms with van der Waals surface area (Å²) in [6, 6.07) is 0. The smallest absolute Gasteiger partial charge is 0.0576 e. The molecule has 2 atom stereocenters. The van der Waals surface area contributed by atoms with Crippen LogP contribution in [0.2, 0.25) is 0 Å². The van der Waals surface area contributed by atoms with Crippen LogP contribution < -0.4 is 0 Å². The lowest BCUT2D eigenvalue weighted by atomic mass is 10.3. The van der Waals surface area contributed by atoms with Crippen LogP contribution in [-0.2, 0) is 0 Å². The highest BCUT2D eigenvalue weighted by atomic mass is 16.3. The summed E-state index contributed by atoms with van der Waals surface area (Å²) in [6.45, 7) is 3.56. The van der Waals surface area contributed by atoms with Crippen LogP contribution in [0.1, 0.15) is 12.8 Å². The van der Waals surface area contributed by atoms with E-state index in [0.29, 0.717) is 5.92 Å². The van der Waals surface area contributed by atoms with E-state index in [1.807, 2.05) is 6.08 Å². The van der Waals surface area contributed by atoms with E-state index in [1.54, 1.807) is 0 Å². The van der Waals surface area contributed by atoms with Gasteiger partial charge in [-0.3, -0.25) is 0 Å². The Bertz CT molecular complexity index is 78.2. The van der Waals surface area contributed by atoms with Crippen LogP contribution in [0.25, 0.3) is 0 Å². The van der Waals surface area contributed by atoms with E-state index in [4.69, 9.17) is 5.11 Å². The van der Waals surface area contributed by atoms with E-state index in [9.17, 15) is 0 Å². The quantitative estimate of drug-likeness (QED) is 0.510. The van der Waals surface area contributed by atoms with Crippen molar-refractivity contribution in [2.24, 2.45) is 5.92 Å². The number of aliphatic hydroxyl groups is 1. The summed E-state index contributed by atoms with van der Waals surface area (Å²) in [7, 11) is 0. The highest BCUT2D eigenvalue weighted by molar-refractivity contribution is 4.90. The largest absolute Gasteiger partial charge is 0.393 e. The zero-order valence-electron chi connectivity index (χ0n) is 4.30. The third-order valence-corrected chi connectivity index (χ3v) is 1.35. The zero-order chi connectivity index (χ0) is 5.28. The van der Waals surface area contributed by atoms with Gasteiger partial charge in [0.1, 0.15) is 0 Å². The highest BCUT2D eigenvalue weighted by Crippen LogP contribution is 2.32. The maximum Gasteiger partial charge on any atom is 0.0576 e. The van der Waals surface area contributed by atoms with Crippen molar-refractivity contribution in [2.75, 3.05) is 0 Å². The first-order valence-corrected chi connectivity index (χ1v) is 2.63. The van der Waals surface area contributed by atoms with Gasteiger partial charge in [-0.1, -0.05) is 6.08 Å². The highest BCUT2D eigenvalue weighted by Gasteiger charge is 2.33. The third kappa shape index (κ3) is 1.03. The molecule has 1 N–H and O–H groups in total. The summed E-state index contributed by atoms with van der Waals surface area (Å²) < 4.78 is 0. The van der Waals surface area contributed by atoms with Gasteiger partial charge in [0, 0.05) is 0 Å². The fraction of sp³-hybridized carbons (Fsp3) is 0.667. The minimum atomic E-state index is -0.00185. The van der Waals surface area contributed by atoms with Crippen molar-refractivity contribution < 1.29 is 5.11 Å². The first kappa shape index (κ1) is 4.85. The summed E-state index contributed by atoms with van der Waals surface area (Å²) in [5, 5.41) is 8.71. The van der Waals surface area contributed by atoms with Crippen molar-refractivity contribution in [1.82, 2.24) is 0 Å². The number of aliphatic hydroxyl groups excluding tert-OH is 1. The Morgan fingerprint density at radius 2 is 2.43 bits per heavy atom. The van der Waals surface area contributed by atoms with Gasteiger partial charge in [0.2, 0.25) is 0 Å². The lowest BCUT2D eigenvalue weighted by molar-refractivity contribution is 0.260. The summed E-state index contributed by atoms with van der Waals surface area (Å²) in [5.41, 5.74) is 0. The summed E-state index contributed by atoms with van der Waals surface area (Å²) in [4.78, 5) is 0. The van der Waals surface area contributed by atoms with Crippen molar-refractivity contribution >= 4 is 0 Å². The predicted molar refractivity (Wildman–Crippen MR) is 28.9 cm³/mol. The van der Waals surface area contributed by atoms with Gasteiger partial charge in [0.25, 0.3) is 0 Å². The molecular weight excluding hydrogens is 88.1 g/mol. The molecule has 0 heterocycles. The van der Waals surface area contributed by atoms with Crippen LogP contribution in [0.15, 0.2) is 12.7 Å². The van der Waals surface area contributed by atoms with E-state index >= 15 is 0 Å². The summed E-state index contributed by atoms with van der Waals surface area (Å²) in [5.74, 6) is 0.553. The maximum absolute atomic E-state index is 8.71. The molecule has 1 fully saturated rings. The van der Waals surface area contributed by atoms with E-state index < -0.39 is 0 Å². The first-order valence-electron chi connectivity index (χ1n) is 2.63. The predicted octanol–water partition coefficient (Wildman–Crippen LogP) is 0.943. The average molecular weight is 98.1 g/mol. The first-order chi connectivity index (χ1) is 3.34. The second-order valence-corrected chi connectivity index (χ2v) is 2.09. The van der Waals surface area contributed by atoms with Gasteiger partial charge in [-0.2, -0.15) is 0 Å². The molecule has 1 heteroatoms. The molecule has 0 aromatic carbocycles. The van der Waals surface area contributed by atoms with Gasteiger partial charge < -0.3 is 5.11 Å². The standard InChI is InChI=1S/C6H10O/c1-2-3-5-4-6(5)7/h2,5-7H,1,3-4H2/t5-,6-/m1/s1. The van der Waals surface area contributed by atoms with Crippen molar-refractivity contribution in [3.63, 3.8) is 0 Å². The fourth-order valence-corrected chi connectivity index (χ4v) is 0.699.